The summed E-state index contributed by atoms with van der Waals surface area (Å²) >= 11 is 0. The molecule has 4 nitrogen and oxygen atoms in total. The third kappa shape index (κ3) is 2.84. The average molecular weight is 324 g/mol. The van der Waals surface area contributed by atoms with Crippen molar-refractivity contribution < 1.29 is 9.53 Å². The summed E-state index contributed by atoms with van der Waals surface area (Å²) in [6.45, 7) is 8.55. The Labute approximate surface area is 143 Å². The molecular formula is C20H24N2O2. The molecule has 1 aliphatic rings. The van der Waals surface area contributed by atoms with E-state index in [0.29, 0.717) is 0 Å². The minimum Gasteiger partial charge on any atom is -0.425 e. The van der Waals surface area contributed by atoms with E-state index in [1.165, 1.54) is 5.56 Å². The van der Waals surface area contributed by atoms with Gasteiger partial charge in [0, 0.05) is 22.8 Å². The molecule has 24 heavy (non-hydrogen) atoms. The predicted octanol–water partition coefficient (Wildman–Crippen LogP) is 4.77. The first-order chi connectivity index (χ1) is 11.4. The van der Waals surface area contributed by atoms with Crippen LogP contribution in [0.25, 0.3) is 0 Å². The van der Waals surface area contributed by atoms with E-state index in [-0.39, 0.29) is 17.7 Å². The van der Waals surface area contributed by atoms with Crippen molar-refractivity contribution in [2.24, 2.45) is 0 Å². The van der Waals surface area contributed by atoms with Gasteiger partial charge in [0.1, 0.15) is 0 Å². The third-order valence-corrected chi connectivity index (χ3v) is 5.03. The van der Waals surface area contributed by atoms with Crippen molar-refractivity contribution >= 4 is 17.5 Å². The highest BCUT2D eigenvalue weighted by molar-refractivity contribution is 5.84. The van der Waals surface area contributed by atoms with Gasteiger partial charge >= 0.3 is 6.09 Å². The Morgan fingerprint density at radius 1 is 1.12 bits per heavy atom. The van der Waals surface area contributed by atoms with Crippen LogP contribution in [-0.2, 0) is 10.2 Å². The maximum absolute atomic E-state index is 12.2. The highest BCUT2D eigenvalue weighted by Gasteiger charge is 2.44. The molecule has 0 aliphatic carbocycles. The fourth-order valence-corrected chi connectivity index (χ4v) is 3.42. The van der Waals surface area contributed by atoms with Crippen LogP contribution in [0.5, 0.6) is 0 Å². The van der Waals surface area contributed by atoms with Crippen LogP contribution in [0, 0.1) is 0 Å². The zero-order valence-electron chi connectivity index (χ0n) is 14.6. The van der Waals surface area contributed by atoms with Crippen molar-refractivity contribution in [1.82, 2.24) is 0 Å². The molecule has 1 amide bonds. The topological polar surface area (TPSA) is 41.6 Å². The number of nitrogens with zero attached hydrogens (tertiary/aromatic N) is 1. The minimum atomic E-state index is -0.442. The highest BCUT2D eigenvalue weighted by Crippen LogP contribution is 2.45. The molecule has 2 atom stereocenters. The molecule has 4 heteroatoms. The van der Waals surface area contributed by atoms with Gasteiger partial charge in [0.05, 0.1) is 0 Å². The monoisotopic (exact) mass is 324 g/mol. The Kier molecular flexibility index (Phi) is 4.22. The fourth-order valence-electron chi connectivity index (χ4n) is 3.42. The van der Waals surface area contributed by atoms with Gasteiger partial charge in [0.2, 0.25) is 0 Å². The molecule has 0 saturated carbocycles. The van der Waals surface area contributed by atoms with Crippen LogP contribution in [0.1, 0.15) is 33.3 Å². The number of carbonyl (C=O) groups excluding carboxylic acids is 1. The van der Waals surface area contributed by atoms with E-state index in [9.17, 15) is 4.79 Å². The van der Waals surface area contributed by atoms with Gasteiger partial charge in [-0.1, -0.05) is 50.2 Å². The molecule has 1 aliphatic heterocycles. The average Bonchev–Trinajstić information content (AvgIpc) is 2.75. The lowest BCUT2D eigenvalue weighted by Gasteiger charge is -2.35. The van der Waals surface area contributed by atoms with Crippen LogP contribution in [-0.4, -0.2) is 18.4 Å². The van der Waals surface area contributed by atoms with Gasteiger partial charge in [-0.15, -0.1) is 0 Å². The Morgan fingerprint density at radius 3 is 2.46 bits per heavy atom. The maximum Gasteiger partial charge on any atom is 0.413 e. The molecule has 2 unspecified atom stereocenters. The number of amides is 1. The summed E-state index contributed by atoms with van der Waals surface area (Å²) in [5.41, 5.74) is 3.15. The Bertz CT molecular complexity index is 727. The number of anilines is 2. The first-order valence-corrected chi connectivity index (χ1v) is 8.32. The Balaban J connectivity index is 1.75. The molecule has 1 heterocycles. The lowest BCUT2D eigenvalue weighted by atomic mass is 9.81. The molecule has 0 radical (unpaired) electrons. The van der Waals surface area contributed by atoms with Crippen LogP contribution < -0.4 is 10.2 Å². The van der Waals surface area contributed by atoms with E-state index in [1.54, 1.807) is 0 Å². The molecule has 0 fully saturated rings. The number of para-hydroxylation sites is 2. The van der Waals surface area contributed by atoms with Gasteiger partial charge in [-0.05, 0) is 37.6 Å². The number of ether oxygens (including phenoxy) is 1. The Morgan fingerprint density at radius 2 is 1.75 bits per heavy atom. The lowest BCUT2D eigenvalue weighted by Crippen LogP contribution is -2.46. The number of benzene rings is 2. The molecule has 0 spiro atoms. The summed E-state index contributed by atoms with van der Waals surface area (Å²) < 4.78 is 5.63. The summed E-state index contributed by atoms with van der Waals surface area (Å²) in [4.78, 5) is 14.4. The van der Waals surface area contributed by atoms with Crippen LogP contribution in [0.3, 0.4) is 0 Å². The van der Waals surface area contributed by atoms with E-state index < -0.39 is 6.09 Å². The number of rotatable bonds is 3. The quantitative estimate of drug-likeness (QED) is 0.884. The second kappa shape index (κ2) is 6.19. The van der Waals surface area contributed by atoms with Crippen LogP contribution in [0.2, 0.25) is 0 Å². The molecule has 0 saturated heterocycles. The van der Waals surface area contributed by atoms with E-state index in [2.05, 4.69) is 49.2 Å². The van der Waals surface area contributed by atoms with E-state index in [1.807, 2.05) is 43.3 Å². The standard InChI is InChI=1S/C20H24N2O2/c1-14-20(3,4)17-12-8-9-13-18(17)22(14)15(2)24-19(23)21-16-10-6-5-7-11-16/h5-15H,1-4H3,(H,21,23). The third-order valence-electron chi connectivity index (χ3n) is 5.03. The van der Waals surface area contributed by atoms with Crippen molar-refractivity contribution in [3.05, 3.63) is 60.2 Å². The van der Waals surface area contributed by atoms with Gasteiger partial charge in [0.15, 0.2) is 6.23 Å². The van der Waals surface area contributed by atoms with Crippen molar-refractivity contribution in [2.45, 2.75) is 45.4 Å². The van der Waals surface area contributed by atoms with Gasteiger partial charge in [-0.3, -0.25) is 5.32 Å². The first kappa shape index (κ1) is 16.4. The van der Waals surface area contributed by atoms with Crippen LogP contribution in [0.15, 0.2) is 54.6 Å². The summed E-state index contributed by atoms with van der Waals surface area (Å²) in [5, 5.41) is 2.77. The Hall–Kier alpha value is -2.49. The molecule has 126 valence electrons. The summed E-state index contributed by atoms with van der Waals surface area (Å²) in [6, 6.07) is 17.9. The van der Waals surface area contributed by atoms with Gasteiger partial charge < -0.3 is 9.64 Å². The summed E-state index contributed by atoms with van der Waals surface area (Å²) in [5.74, 6) is 0. The smallest absolute Gasteiger partial charge is 0.413 e. The second-order valence-electron chi connectivity index (χ2n) is 6.82. The first-order valence-electron chi connectivity index (χ1n) is 8.32. The number of nitrogens with one attached hydrogen (secondary N) is 1. The zero-order chi connectivity index (χ0) is 17.3. The number of fused-ring (bicyclic) bond motifs is 1. The molecule has 2 aromatic carbocycles. The van der Waals surface area contributed by atoms with Crippen LogP contribution in [0.4, 0.5) is 16.2 Å². The van der Waals surface area contributed by atoms with Gasteiger partial charge in [-0.25, -0.2) is 4.79 Å². The minimum absolute atomic E-state index is 0.00409. The lowest BCUT2D eigenvalue weighted by molar-refractivity contribution is 0.111. The molecule has 0 bridgehead atoms. The fraction of sp³-hybridized carbons (Fsp3) is 0.350. The normalized spacial score (nSPS) is 19.5. The summed E-state index contributed by atoms with van der Waals surface area (Å²) in [6.07, 6.45) is -0.797. The summed E-state index contributed by atoms with van der Waals surface area (Å²) in [7, 11) is 0. The van der Waals surface area contributed by atoms with E-state index >= 15 is 0 Å². The van der Waals surface area contributed by atoms with Crippen molar-refractivity contribution in [2.75, 3.05) is 10.2 Å². The predicted molar refractivity (Wildman–Crippen MR) is 97.4 cm³/mol. The van der Waals surface area contributed by atoms with E-state index in [0.717, 1.165) is 11.4 Å². The zero-order valence-corrected chi connectivity index (χ0v) is 14.6. The molecule has 0 aromatic heterocycles. The van der Waals surface area contributed by atoms with Crippen LogP contribution >= 0.6 is 0 Å². The maximum atomic E-state index is 12.2. The molecule has 2 aromatic rings. The molecule has 1 N–H and O–H groups in total. The van der Waals surface area contributed by atoms with E-state index in [4.69, 9.17) is 4.74 Å². The van der Waals surface area contributed by atoms with Gasteiger partial charge in [0.25, 0.3) is 0 Å². The SMILES string of the molecule is CC(OC(=O)Nc1ccccc1)N1c2ccccc2C(C)(C)C1C. The molecule has 3 rings (SSSR count). The second-order valence-corrected chi connectivity index (χ2v) is 6.82. The molecular weight excluding hydrogens is 300 g/mol. The van der Waals surface area contributed by atoms with Crippen molar-refractivity contribution in [3.63, 3.8) is 0 Å². The largest absolute Gasteiger partial charge is 0.425 e. The van der Waals surface area contributed by atoms with Crippen molar-refractivity contribution in [3.8, 4) is 0 Å². The highest BCUT2D eigenvalue weighted by atomic mass is 16.6. The van der Waals surface area contributed by atoms with Gasteiger partial charge in [-0.2, -0.15) is 0 Å². The van der Waals surface area contributed by atoms with Crippen molar-refractivity contribution in [1.29, 1.82) is 0 Å². The number of hydrogen-bond donors (Lipinski definition) is 1. The number of carbonyl (C=O) groups is 1. The number of hydrogen-bond acceptors (Lipinski definition) is 3.